The minimum Gasteiger partial charge on any atom is -0.484 e. The number of carbonyl (C=O) groups excluding carboxylic acids is 2. The van der Waals surface area contributed by atoms with Crippen molar-refractivity contribution in [2.75, 3.05) is 13.2 Å². The summed E-state index contributed by atoms with van der Waals surface area (Å²) in [7, 11) is 0. The van der Waals surface area contributed by atoms with Gasteiger partial charge in [0.1, 0.15) is 5.75 Å². The molecule has 0 fully saturated rings. The molecular weight excluding hydrogens is 350 g/mol. The highest BCUT2D eigenvalue weighted by atomic mass is 35.5. The number of nitrogens with zero attached hydrogens (tertiary/aromatic N) is 1. The summed E-state index contributed by atoms with van der Waals surface area (Å²) in [6.07, 6.45) is 1.57. The van der Waals surface area contributed by atoms with Crippen molar-refractivity contribution in [1.82, 2.24) is 10.7 Å². The average molecular weight is 366 g/mol. The van der Waals surface area contributed by atoms with Gasteiger partial charge in [0, 0.05) is 9.90 Å². The first kappa shape index (κ1) is 18.0. The monoisotopic (exact) mass is 365 g/mol. The largest absolute Gasteiger partial charge is 0.484 e. The van der Waals surface area contributed by atoms with Gasteiger partial charge in [-0.1, -0.05) is 11.6 Å². The molecule has 0 aliphatic carbocycles. The number of carbonyl (C=O) groups is 2. The molecule has 2 N–H and O–H groups in total. The third-order valence-corrected chi connectivity index (χ3v) is 4.11. The minimum atomic E-state index is -0.416. The van der Waals surface area contributed by atoms with E-state index in [1.807, 2.05) is 18.4 Å². The Kier molecular flexibility index (Phi) is 6.77. The number of nitrogens with one attached hydrogen (secondary N) is 2. The molecular formula is C16H16ClN3O3S. The lowest BCUT2D eigenvalue weighted by Crippen LogP contribution is -2.37. The van der Waals surface area contributed by atoms with E-state index in [0.717, 1.165) is 10.4 Å². The van der Waals surface area contributed by atoms with Crippen LogP contribution in [0.2, 0.25) is 5.02 Å². The van der Waals surface area contributed by atoms with E-state index in [1.54, 1.807) is 30.5 Å². The third kappa shape index (κ3) is 6.02. The van der Waals surface area contributed by atoms with E-state index < -0.39 is 11.8 Å². The molecule has 0 aliphatic rings. The number of benzene rings is 1. The lowest BCUT2D eigenvalue weighted by molar-refractivity contribution is -0.127. The van der Waals surface area contributed by atoms with Crippen molar-refractivity contribution in [1.29, 1.82) is 0 Å². The van der Waals surface area contributed by atoms with Crippen molar-refractivity contribution < 1.29 is 14.3 Å². The van der Waals surface area contributed by atoms with Crippen LogP contribution >= 0.6 is 22.9 Å². The van der Waals surface area contributed by atoms with Gasteiger partial charge in [-0.2, -0.15) is 5.10 Å². The molecule has 1 aromatic carbocycles. The number of hydrogen-bond donors (Lipinski definition) is 2. The normalized spacial score (nSPS) is 10.6. The van der Waals surface area contributed by atoms with E-state index in [0.29, 0.717) is 10.8 Å². The summed E-state index contributed by atoms with van der Waals surface area (Å²) < 4.78 is 5.27. The molecule has 0 spiro atoms. The zero-order valence-corrected chi connectivity index (χ0v) is 14.5. The maximum Gasteiger partial charge on any atom is 0.259 e. The first-order chi connectivity index (χ1) is 11.5. The standard InChI is InChI=1S/C16H16ClN3O3S/c1-11-6-7-24-14(11)8-19-20-15(21)9-18-16(22)10-23-13-4-2-12(17)3-5-13/h2-8H,9-10H2,1H3,(H,18,22)(H,20,21)/b19-8-. The number of rotatable bonds is 7. The van der Waals surface area contributed by atoms with Crippen LogP contribution in [0.1, 0.15) is 10.4 Å². The van der Waals surface area contributed by atoms with E-state index in [9.17, 15) is 9.59 Å². The van der Waals surface area contributed by atoms with E-state index in [2.05, 4.69) is 15.8 Å². The predicted molar refractivity (Wildman–Crippen MR) is 94.7 cm³/mol. The fourth-order valence-corrected chi connectivity index (χ4v) is 2.54. The predicted octanol–water partition coefficient (Wildman–Crippen LogP) is 2.36. The van der Waals surface area contributed by atoms with Gasteiger partial charge in [0.05, 0.1) is 12.8 Å². The van der Waals surface area contributed by atoms with Gasteiger partial charge in [-0.15, -0.1) is 11.3 Å². The molecule has 0 atom stereocenters. The molecule has 2 rings (SSSR count). The van der Waals surface area contributed by atoms with Crippen LogP contribution in [0.15, 0.2) is 40.8 Å². The Bertz CT molecular complexity index is 728. The number of amides is 2. The van der Waals surface area contributed by atoms with E-state index in [4.69, 9.17) is 16.3 Å². The molecule has 2 amide bonds. The second-order valence-corrected chi connectivity index (χ2v) is 6.16. The second-order valence-electron chi connectivity index (χ2n) is 4.78. The van der Waals surface area contributed by atoms with Crippen molar-refractivity contribution in [3.8, 4) is 5.75 Å². The zero-order valence-electron chi connectivity index (χ0n) is 12.9. The van der Waals surface area contributed by atoms with Gasteiger partial charge in [0.25, 0.3) is 11.8 Å². The Morgan fingerprint density at radius 3 is 2.67 bits per heavy atom. The molecule has 126 valence electrons. The Labute approximate surface area is 148 Å². The molecule has 0 unspecified atom stereocenters. The number of aryl methyl sites for hydroxylation is 1. The van der Waals surface area contributed by atoms with Gasteiger partial charge >= 0.3 is 0 Å². The minimum absolute atomic E-state index is 0.177. The molecule has 8 heteroatoms. The maximum absolute atomic E-state index is 11.6. The van der Waals surface area contributed by atoms with E-state index in [-0.39, 0.29) is 13.2 Å². The molecule has 0 saturated carbocycles. The fourth-order valence-electron chi connectivity index (χ4n) is 1.63. The van der Waals surface area contributed by atoms with Gasteiger partial charge in [-0.3, -0.25) is 9.59 Å². The molecule has 0 aliphatic heterocycles. The molecule has 2 aromatic rings. The average Bonchev–Trinajstić information content (AvgIpc) is 2.97. The van der Waals surface area contributed by atoms with Crippen LogP contribution in [-0.2, 0) is 9.59 Å². The van der Waals surface area contributed by atoms with E-state index >= 15 is 0 Å². The van der Waals surface area contributed by atoms with Gasteiger partial charge in [0.15, 0.2) is 6.61 Å². The number of ether oxygens (including phenoxy) is 1. The maximum atomic E-state index is 11.6. The molecule has 1 heterocycles. The summed E-state index contributed by atoms with van der Waals surface area (Å²) in [5, 5.41) is 8.82. The fraction of sp³-hybridized carbons (Fsp3) is 0.188. The van der Waals surface area contributed by atoms with Crippen LogP contribution in [0, 0.1) is 6.92 Å². The quantitative estimate of drug-likeness (QED) is 0.584. The number of hydrazone groups is 1. The SMILES string of the molecule is Cc1ccsc1/C=N\NC(=O)CNC(=O)COc1ccc(Cl)cc1. The summed E-state index contributed by atoms with van der Waals surface area (Å²) in [5.41, 5.74) is 3.44. The molecule has 0 saturated heterocycles. The Morgan fingerprint density at radius 1 is 1.25 bits per heavy atom. The van der Waals surface area contributed by atoms with Crippen LogP contribution in [0.5, 0.6) is 5.75 Å². The number of halogens is 1. The third-order valence-electron chi connectivity index (χ3n) is 2.90. The number of hydrogen-bond acceptors (Lipinski definition) is 5. The van der Waals surface area contributed by atoms with Crippen LogP contribution in [-0.4, -0.2) is 31.2 Å². The van der Waals surface area contributed by atoms with Crippen molar-refractivity contribution >= 4 is 41.0 Å². The Morgan fingerprint density at radius 2 is 2.00 bits per heavy atom. The van der Waals surface area contributed by atoms with Gasteiger partial charge in [-0.05, 0) is 48.2 Å². The summed E-state index contributed by atoms with van der Waals surface area (Å²) in [4.78, 5) is 24.2. The highest BCUT2D eigenvalue weighted by Gasteiger charge is 2.06. The topological polar surface area (TPSA) is 79.8 Å². The first-order valence-corrected chi connectivity index (χ1v) is 8.31. The first-order valence-electron chi connectivity index (χ1n) is 7.05. The van der Waals surface area contributed by atoms with E-state index in [1.165, 1.54) is 11.3 Å². The van der Waals surface area contributed by atoms with Crippen LogP contribution in [0.25, 0.3) is 0 Å². The van der Waals surface area contributed by atoms with Gasteiger partial charge in [0.2, 0.25) is 0 Å². The van der Waals surface area contributed by atoms with Crippen molar-refractivity contribution in [2.45, 2.75) is 6.92 Å². The van der Waals surface area contributed by atoms with Crippen LogP contribution in [0.3, 0.4) is 0 Å². The molecule has 1 aromatic heterocycles. The highest BCUT2D eigenvalue weighted by Crippen LogP contribution is 2.15. The summed E-state index contributed by atoms with van der Waals surface area (Å²) in [5.74, 6) is -0.298. The molecule has 24 heavy (non-hydrogen) atoms. The Hall–Kier alpha value is -2.38. The van der Waals surface area contributed by atoms with Crippen molar-refractivity contribution in [3.63, 3.8) is 0 Å². The smallest absolute Gasteiger partial charge is 0.259 e. The second kappa shape index (κ2) is 9.05. The van der Waals surface area contributed by atoms with Crippen LogP contribution in [0.4, 0.5) is 0 Å². The lowest BCUT2D eigenvalue weighted by Gasteiger charge is -2.06. The molecule has 0 bridgehead atoms. The van der Waals surface area contributed by atoms with Gasteiger partial charge < -0.3 is 10.1 Å². The molecule has 0 radical (unpaired) electrons. The van der Waals surface area contributed by atoms with Crippen LogP contribution < -0.4 is 15.5 Å². The Balaban J connectivity index is 1.65. The lowest BCUT2D eigenvalue weighted by atomic mass is 10.3. The van der Waals surface area contributed by atoms with Gasteiger partial charge in [-0.25, -0.2) is 5.43 Å². The molecule has 6 nitrogen and oxygen atoms in total. The van der Waals surface area contributed by atoms with Crippen molar-refractivity contribution in [3.05, 3.63) is 51.2 Å². The summed E-state index contributed by atoms with van der Waals surface area (Å²) in [6.45, 7) is 1.59. The van der Waals surface area contributed by atoms with Crippen molar-refractivity contribution in [2.24, 2.45) is 5.10 Å². The summed E-state index contributed by atoms with van der Waals surface area (Å²) >= 11 is 7.28. The summed E-state index contributed by atoms with van der Waals surface area (Å²) in [6, 6.07) is 8.60. The highest BCUT2D eigenvalue weighted by molar-refractivity contribution is 7.11. The zero-order chi connectivity index (χ0) is 17.4. The number of thiophene rings is 1.